The van der Waals surface area contributed by atoms with Crippen LogP contribution in [-0.4, -0.2) is 24.4 Å². The summed E-state index contributed by atoms with van der Waals surface area (Å²) in [6.45, 7) is 4.16. The van der Waals surface area contributed by atoms with Crippen molar-refractivity contribution < 1.29 is 14.2 Å². The highest BCUT2D eigenvalue weighted by Gasteiger charge is 2.41. The molecule has 162 valence electrons. The van der Waals surface area contributed by atoms with Crippen molar-refractivity contribution in [1.29, 1.82) is 0 Å². The fourth-order valence-corrected chi connectivity index (χ4v) is 4.30. The number of methoxy groups -OCH3 is 1. The van der Waals surface area contributed by atoms with Gasteiger partial charge in [-0.15, -0.1) is 0 Å². The van der Waals surface area contributed by atoms with Crippen molar-refractivity contribution >= 4 is 17.3 Å². The Morgan fingerprint density at radius 1 is 1.09 bits per heavy atom. The Kier molecular flexibility index (Phi) is 5.50. The number of benzene rings is 3. The summed E-state index contributed by atoms with van der Waals surface area (Å²) in [5.41, 5.74) is 4.12. The average Bonchev–Trinajstić information content (AvgIpc) is 3.29. The van der Waals surface area contributed by atoms with Gasteiger partial charge in [-0.2, -0.15) is 5.10 Å². The van der Waals surface area contributed by atoms with Crippen LogP contribution in [0.25, 0.3) is 0 Å². The van der Waals surface area contributed by atoms with Crippen LogP contribution in [0.5, 0.6) is 17.2 Å². The van der Waals surface area contributed by atoms with Gasteiger partial charge in [0, 0.05) is 22.6 Å². The van der Waals surface area contributed by atoms with E-state index >= 15 is 0 Å². The zero-order chi connectivity index (χ0) is 22.1. The summed E-state index contributed by atoms with van der Waals surface area (Å²) in [5, 5.41) is 7.72. The third-order valence-corrected chi connectivity index (χ3v) is 5.94. The number of hydrogen-bond donors (Lipinski definition) is 0. The first-order valence-corrected chi connectivity index (χ1v) is 10.8. The lowest BCUT2D eigenvalue weighted by molar-refractivity contribution is -0.0190. The maximum absolute atomic E-state index is 6.41. The standard InChI is InChI=1S/C26H23ClN2O3/c1-3-14-31-21-11-6-18(7-12-21)26-29-24(22-15-19(27)8-13-25(22)32-26)16-23(28-29)17-4-9-20(30-2)10-5-17/h3-13,15,24,26H,1,14,16H2,2H3. The molecule has 0 fully saturated rings. The van der Waals surface area contributed by atoms with Crippen molar-refractivity contribution in [2.75, 3.05) is 13.7 Å². The second-order valence-electron chi connectivity index (χ2n) is 7.70. The van der Waals surface area contributed by atoms with Gasteiger partial charge in [0.25, 0.3) is 0 Å². The Morgan fingerprint density at radius 2 is 1.84 bits per heavy atom. The van der Waals surface area contributed by atoms with Crippen molar-refractivity contribution in [3.8, 4) is 17.2 Å². The number of nitrogens with zero attached hydrogens (tertiary/aromatic N) is 2. The molecule has 0 saturated heterocycles. The van der Waals surface area contributed by atoms with Gasteiger partial charge in [-0.25, -0.2) is 5.01 Å². The number of halogens is 1. The second kappa shape index (κ2) is 8.60. The fraction of sp³-hybridized carbons (Fsp3) is 0.192. The molecule has 0 amide bonds. The number of rotatable bonds is 6. The summed E-state index contributed by atoms with van der Waals surface area (Å²) >= 11 is 6.32. The Labute approximate surface area is 192 Å². The van der Waals surface area contributed by atoms with E-state index in [-0.39, 0.29) is 12.3 Å². The molecule has 0 radical (unpaired) electrons. The minimum Gasteiger partial charge on any atom is -0.497 e. The van der Waals surface area contributed by atoms with Gasteiger partial charge in [0.2, 0.25) is 6.23 Å². The lowest BCUT2D eigenvalue weighted by atomic mass is 9.96. The molecule has 0 saturated carbocycles. The van der Waals surface area contributed by atoms with Gasteiger partial charge in [0.15, 0.2) is 0 Å². The minimum atomic E-state index is -0.349. The molecule has 0 spiro atoms. The smallest absolute Gasteiger partial charge is 0.213 e. The van der Waals surface area contributed by atoms with E-state index in [2.05, 4.69) is 6.58 Å². The maximum Gasteiger partial charge on any atom is 0.213 e. The van der Waals surface area contributed by atoms with Crippen LogP contribution >= 0.6 is 11.6 Å². The van der Waals surface area contributed by atoms with Crippen LogP contribution in [0.15, 0.2) is 84.5 Å². The molecule has 2 heterocycles. The van der Waals surface area contributed by atoms with Crippen molar-refractivity contribution in [1.82, 2.24) is 5.01 Å². The van der Waals surface area contributed by atoms with Crippen molar-refractivity contribution in [2.24, 2.45) is 5.10 Å². The lowest BCUT2D eigenvalue weighted by Gasteiger charge is -2.38. The Hall–Kier alpha value is -3.44. The normalized spacial score (nSPS) is 18.8. The third-order valence-electron chi connectivity index (χ3n) is 5.71. The molecular weight excluding hydrogens is 424 g/mol. The predicted molar refractivity (Wildman–Crippen MR) is 126 cm³/mol. The predicted octanol–water partition coefficient (Wildman–Crippen LogP) is 6.16. The van der Waals surface area contributed by atoms with Crippen LogP contribution in [0.3, 0.4) is 0 Å². The van der Waals surface area contributed by atoms with Crippen LogP contribution in [0, 0.1) is 0 Å². The molecule has 3 aromatic carbocycles. The first kappa shape index (κ1) is 20.5. The zero-order valence-electron chi connectivity index (χ0n) is 17.7. The van der Waals surface area contributed by atoms with Gasteiger partial charge in [-0.3, -0.25) is 0 Å². The van der Waals surface area contributed by atoms with E-state index in [0.29, 0.717) is 11.6 Å². The van der Waals surface area contributed by atoms with Crippen molar-refractivity contribution in [3.63, 3.8) is 0 Å². The molecule has 2 unspecified atom stereocenters. The van der Waals surface area contributed by atoms with E-state index in [4.69, 9.17) is 30.9 Å². The molecule has 2 aliphatic heterocycles. The van der Waals surface area contributed by atoms with Gasteiger partial charge >= 0.3 is 0 Å². The Morgan fingerprint density at radius 3 is 2.56 bits per heavy atom. The molecule has 0 aliphatic carbocycles. The van der Waals surface area contributed by atoms with E-state index in [0.717, 1.165) is 46.1 Å². The Balaban J connectivity index is 1.51. The van der Waals surface area contributed by atoms with Crippen molar-refractivity contribution in [2.45, 2.75) is 18.7 Å². The van der Waals surface area contributed by atoms with E-state index in [1.54, 1.807) is 13.2 Å². The van der Waals surface area contributed by atoms with Crippen LogP contribution in [0.1, 0.15) is 35.4 Å². The monoisotopic (exact) mass is 446 g/mol. The van der Waals surface area contributed by atoms with Gasteiger partial charge in [0.05, 0.1) is 18.9 Å². The summed E-state index contributed by atoms with van der Waals surface area (Å²) < 4.78 is 17.3. The van der Waals surface area contributed by atoms with Crippen LogP contribution < -0.4 is 14.2 Å². The molecule has 0 aromatic heterocycles. The van der Waals surface area contributed by atoms with E-state index < -0.39 is 0 Å². The maximum atomic E-state index is 6.41. The van der Waals surface area contributed by atoms with Gasteiger partial charge < -0.3 is 14.2 Å². The average molecular weight is 447 g/mol. The summed E-state index contributed by atoms with van der Waals surface area (Å²) in [5.74, 6) is 2.44. The summed E-state index contributed by atoms with van der Waals surface area (Å²) in [6, 6.07) is 21.7. The SMILES string of the molecule is C=CCOc1ccc(C2Oc3ccc(Cl)cc3C3CC(c4ccc(OC)cc4)=NN32)cc1. The largest absolute Gasteiger partial charge is 0.497 e. The third kappa shape index (κ3) is 3.80. The van der Waals surface area contributed by atoms with Crippen LogP contribution in [0.2, 0.25) is 5.02 Å². The molecule has 0 bridgehead atoms. The fourth-order valence-electron chi connectivity index (χ4n) is 4.12. The second-order valence-corrected chi connectivity index (χ2v) is 8.13. The van der Waals surface area contributed by atoms with Crippen LogP contribution in [-0.2, 0) is 0 Å². The zero-order valence-corrected chi connectivity index (χ0v) is 18.5. The molecule has 2 aliphatic rings. The number of hydrogen-bond acceptors (Lipinski definition) is 5. The van der Waals surface area contributed by atoms with Crippen molar-refractivity contribution in [3.05, 3.63) is 101 Å². The van der Waals surface area contributed by atoms with Gasteiger partial charge in [-0.1, -0.05) is 24.3 Å². The van der Waals surface area contributed by atoms with Gasteiger partial charge in [0.1, 0.15) is 23.9 Å². The first-order chi connectivity index (χ1) is 15.7. The number of ether oxygens (including phenoxy) is 3. The molecular formula is C26H23ClN2O3. The minimum absolute atomic E-state index is 0.0382. The molecule has 6 heteroatoms. The molecule has 5 nitrogen and oxygen atoms in total. The molecule has 5 rings (SSSR count). The number of fused-ring (bicyclic) bond motifs is 3. The molecule has 32 heavy (non-hydrogen) atoms. The first-order valence-electron chi connectivity index (χ1n) is 10.5. The summed E-state index contributed by atoms with van der Waals surface area (Å²) in [4.78, 5) is 0. The highest BCUT2D eigenvalue weighted by atomic mass is 35.5. The summed E-state index contributed by atoms with van der Waals surface area (Å²) in [6.07, 6.45) is 2.14. The highest BCUT2D eigenvalue weighted by Crippen LogP contribution is 2.48. The molecule has 0 N–H and O–H groups in total. The highest BCUT2D eigenvalue weighted by molar-refractivity contribution is 6.30. The van der Waals surface area contributed by atoms with Gasteiger partial charge in [-0.05, 0) is 72.3 Å². The summed E-state index contributed by atoms with van der Waals surface area (Å²) in [7, 11) is 1.67. The molecule has 3 aromatic rings. The van der Waals surface area contributed by atoms with E-state index in [9.17, 15) is 0 Å². The number of hydrazone groups is 1. The van der Waals surface area contributed by atoms with E-state index in [1.807, 2.05) is 71.7 Å². The lowest BCUT2D eigenvalue weighted by Crippen LogP contribution is -2.33. The Bertz CT molecular complexity index is 1160. The topological polar surface area (TPSA) is 43.3 Å². The molecule has 2 atom stereocenters. The van der Waals surface area contributed by atoms with Crippen LogP contribution in [0.4, 0.5) is 0 Å². The van der Waals surface area contributed by atoms with E-state index in [1.165, 1.54) is 0 Å². The quantitative estimate of drug-likeness (QED) is 0.425.